The standard InChI is InChI=1S/C16H11F9N2O3/c17-14(18,19)6-3-11(29)26-7-1-2-8-13(12(6)7)30-5-9(15(20,21)22)27(8)4-10(28)16(23,24)25/h1-3,9-10,28H,4-5H2,(H,26,29)/t9-,10?/m1/s1. The summed E-state index contributed by atoms with van der Waals surface area (Å²) in [6, 6.07) is -0.887. The number of aromatic nitrogens is 1. The van der Waals surface area contributed by atoms with Gasteiger partial charge in [-0.2, -0.15) is 39.5 Å². The van der Waals surface area contributed by atoms with E-state index in [2.05, 4.69) is 4.98 Å². The summed E-state index contributed by atoms with van der Waals surface area (Å²) in [6.45, 7) is -2.92. The number of fused-ring (bicyclic) bond motifs is 3. The molecule has 0 aliphatic carbocycles. The van der Waals surface area contributed by atoms with Gasteiger partial charge in [-0.05, 0) is 12.1 Å². The van der Waals surface area contributed by atoms with Gasteiger partial charge in [-0.15, -0.1) is 0 Å². The van der Waals surface area contributed by atoms with E-state index >= 15 is 0 Å². The lowest BCUT2D eigenvalue weighted by Crippen LogP contribution is -2.56. The van der Waals surface area contributed by atoms with Gasteiger partial charge in [0.25, 0.3) is 0 Å². The topological polar surface area (TPSA) is 65.6 Å². The molecule has 0 amide bonds. The SMILES string of the molecule is O=c1cc(C(F)(F)F)c2c3c(ccc2[nH]1)N(CC(O)C(F)(F)F)[C@@H](C(F)(F)F)CO3. The van der Waals surface area contributed by atoms with Crippen LogP contribution < -0.4 is 15.2 Å². The van der Waals surface area contributed by atoms with E-state index in [-0.39, 0.29) is 11.0 Å². The largest absolute Gasteiger partial charge is 0.488 e. The molecule has 30 heavy (non-hydrogen) atoms. The van der Waals surface area contributed by atoms with Crippen molar-refractivity contribution in [1.82, 2.24) is 4.98 Å². The second kappa shape index (κ2) is 6.96. The maximum atomic E-state index is 13.4. The Morgan fingerprint density at radius 2 is 1.77 bits per heavy atom. The van der Waals surface area contributed by atoms with Crippen molar-refractivity contribution in [1.29, 1.82) is 0 Å². The molecule has 1 aromatic heterocycles. The van der Waals surface area contributed by atoms with Crippen molar-refractivity contribution in [2.75, 3.05) is 18.1 Å². The summed E-state index contributed by atoms with van der Waals surface area (Å²) in [5, 5.41) is 8.47. The maximum absolute atomic E-state index is 13.4. The van der Waals surface area contributed by atoms with Crippen LogP contribution in [0.15, 0.2) is 23.0 Å². The highest BCUT2D eigenvalue weighted by atomic mass is 19.4. The number of aliphatic hydroxyl groups excluding tert-OH is 1. The highest BCUT2D eigenvalue weighted by molar-refractivity contribution is 5.94. The average molecular weight is 450 g/mol. The number of nitrogens with zero attached hydrogens (tertiary/aromatic N) is 1. The Balaban J connectivity index is 2.26. The van der Waals surface area contributed by atoms with Crippen LogP contribution in [0.1, 0.15) is 5.56 Å². The molecule has 5 nitrogen and oxygen atoms in total. The summed E-state index contributed by atoms with van der Waals surface area (Å²) in [7, 11) is 0. The molecule has 1 aromatic carbocycles. The number of rotatable bonds is 2. The van der Waals surface area contributed by atoms with Gasteiger partial charge in [-0.3, -0.25) is 4.79 Å². The van der Waals surface area contributed by atoms with Crippen LogP contribution in [0.5, 0.6) is 5.75 Å². The smallest absolute Gasteiger partial charge is 0.417 e. The number of alkyl halides is 9. The van der Waals surface area contributed by atoms with Crippen molar-refractivity contribution in [3.05, 3.63) is 34.1 Å². The average Bonchev–Trinajstić information content (AvgIpc) is 2.57. The second-order valence-electron chi connectivity index (χ2n) is 6.46. The highest BCUT2D eigenvalue weighted by Gasteiger charge is 2.50. The summed E-state index contributed by atoms with van der Waals surface area (Å²) < 4.78 is 123. The van der Waals surface area contributed by atoms with Gasteiger partial charge in [-0.25, -0.2) is 0 Å². The molecule has 2 aromatic rings. The minimum absolute atomic E-state index is 0.0989. The van der Waals surface area contributed by atoms with Gasteiger partial charge >= 0.3 is 18.5 Å². The van der Waals surface area contributed by atoms with Crippen LogP contribution in [-0.4, -0.2) is 47.7 Å². The van der Waals surface area contributed by atoms with Gasteiger partial charge < -0.3 is 19.7 Å². The molecule has 1 aliphatic heterocycles. The Hall–Kier alpha value is -2.64. The molecule has 14 heteroatoms. The molecule has 166 valence electrons. The van der Waals surface area contributed by atoms with Crippen LogP contribution in [0, 0.1) is 0 Å². The molecule has 0 fully saturated rings. The molecule has 0 saturated heterocycles. The number of anilines is 1. The third-order valence-corrected chi connectivity index (χ3v) is 4.44. The number of hydrogen-bond acceptors (Lipinski definition) is 4. The molecular formula is C16H11F9N2O3. The van der Waals surface area contributed by atoms with Crippen LogP contribution in [-0.2, 0) is 6.18 Å². The number of aromatic amines is 1. The Kier molecular flexibility index (Phi) is 5.12. The van der Waals surface area contributed by atoms with E-state index in [0.29, 0.717) is 0 Å². The number of H-pyrrole nitrogens is 1. The van der Waals surface area contributed by atoms with E-state index in [4.69, 9.17) is 4.74 Å². The zero-order valence-electron chi connectivity index (χ0n) is 14.4. The molecule has 3 rings (SSSR count). The molecule has 1 aliphatic rings. The highest BCUT2D eigenvalue weighted by Crippen LogP contribution is 2.46. The monoisotopic (exact) mass is 450 g/mol. The second-order valence-corrected chi connectivity index (χ2v) is 6.46. The predicted octanol–water partition coefficient (Wildman–Crippen LogP) is 3.60. The van der Waals surface area contributed by atoms with Gasteiger partial charge in [0, 0.05) is 6.07 Å². The quantitative estimate of drug-likeness (QED) is 0.687. The van der Waals surface area contributed by atoms with Crippen LogP contribution in [0.25, 0.3) is 10.9 Å². The van der Waals surface area contributed by atoms with Crippen molar-refractivity contribution in [2.45, 2.75) is 30.7 Å². The summed E-state index contributed by atoms with van der Waals surface area (Å²) in [5.41, 5.74) is -3.85. The molecule has 1 unspecified atom stereocenters. The lowest BCUT2D eigenvalue weighted by atomic mass is 10.0. The Morgan fingerprint density at radius 1 is 1.13 bits per heavy atom. The minimum atomic E-state index is -5.27. The van der Waals surface area contributed by atoms with Crippen molar-refractivity contribution >= 4 is 16.6 Å². The summed E-state index contributed by atoms with van der Waals surface area (Å²) in [6.07, 6.45) is -18.7. The first-order chi connectivity index (χ1) is 13.6. The van der Waals surface area contributed by atoms with Gasteiger partial charge in [0.15, 0.2) is 17.9 Å². The van der Waals surface area contributed by atoms with Gasteiger partial charge in [-0.1, -0.05) is 0 Å². The van der Waals surface area contributed by atoms with E-state index < -0.39 is 77.3 Å². The fraction of sp³-hybridized carbons (Fsp3) is 0.438. The van der Waals surface area contributed by atoms with E-state index in [1.165, 1.54) is 0 Å². The van der Waals surface area contributed by atoms with Crippen molar-refractivity contribution in [2.24, 2.45) is 0 Å². The zero-order chi connectivity index (χ0) is 22.6. The molecule has 0 spiro atoms. The number of halogens is 9. The Bertz CT molecular complexity index is 1010. The number of hydrogen-bond donors (Lipinski definition) is 2. The first-order valence-corrected chi connectivity index (χ1v) is 8.09. The normalized spacial score (nSPS) is 18.9. The minimum Gasteiger partial charge on any atom is -0.488 e. The Morgan fingerprint density at radius 3 is 2.30 bits per heavy atom. The first kappa shape index (κ1) is 22.1. The van der Waals surface area contributed by atoms with Gasteiger partial charge in [0.1, 0.15) is 6.61 Å². The van der Waals surface area contributed by atoms with Crippen molar-refractivity contribution < 1.29 is 49.4 Å². The van der Waals surface area contributed by atoms with E-state index in [9.17, 15) is 49.4 Å². The van der Waals surface area contributed by atoms with Crippen LogP contribution >= 0.6 is 0 Å². The number of benzene rings is 1. The molecule has 0 bridgehead atoms. The summed E-state index contributed by atoms with van der Waals surface area (Å²) in [5.74, 6) is -0.786. The predicted molar refractivity (Wildman–Crippen MR) is 84.3 cm³/mol. The zero-order valence-corrected chi connectivity index (χ0v) is 14.4. The van der Waals surface area contributed by atoms with Crippen LogP contribution in [0.3, 0.4) is 0 Å². The maximum Gasteiger partial charge on any atom is 0.417 e. The molecule has 0 radical (unpaired) electrons. The Labute approximate surface area is 160 Å². The van der Waals surface area contributed by atoms with Gasteiger partial charge in [0.2, 0.25) is 5.56 Å². The van der Waals surface area contributed by atoms with E-state index in [0.717, 1.165) is 12.1 Å². The fourth-order valence-corrected chi connectivity index (χ4v) is 3.12. The molecule has 2 N–H and O–H groups in total. The molecule has 0 saturated carbocycles. The van der Waals surface area contributed by atoms with Gasteiger partial charge in [0.05, 0.1) is 28.7 Å². The molecule has 2 heterocycles. The third-order valence-electron chi connectivity index (χ3n) is 4.44. The third kappa shape index (κ3) is 4.00. The first-order valence-electron chi connectivity index (χ1n) is 8.09. The van der Waals surface area contributed by atoms with Crippen LogP contribution in [0.2, 0.25) is 0 Å². The van der Waals surface area contributed by atoms with Crippen molar-refractivity contribution in [3.63, 3.8) is 0 Å². The number of pyridine rings is 1. The lowest BCUT2D eigenvalue weighted by molar-refractivity contribution is -0.204. The number of aliphatic hydroxyl groups is 1. The van der Waals surface area contributed by atoms with Crippen LogP contribution in [0.4, 0.5) is 45.2 Å². The lowest BCUT2D eigenvalue weighted by Gasteiger charge is -2.40. The van der Waals surface area contributed by atoms with Crippen molar-refractivity contribution in [3.8, 4) is 5.75 Å². The number of ether oxygens (including phenoxy) is 1. The summed E-state index contributed by atoms with van der Waals surface area (Å²) >= 11 is 0. The molecule has 2 atom stereocenters. The molecular weight excluding hydrogens is 439 g/mol. The van der Waals surface area contributed by atoms with E-state index in [1.54, 1.807) is 0 Å². The number of nitrogens with one attached hydrogen (secondary N) is 1. The number of β-amino-alcohol motifs (C(OH)–C–C–N with tert-alkyl or cyclic N) is 1. The van der Waals surface area contributed by atoms with E-state index in [1.807, 2.05) is 0 Å². The summed E-state index contributed by atoms with van der Waals surface area (Å²) in [4.78, 5) is 13.7. The fourth-order valence-electron chi connectivity index (χ4n) is 3.12.